The number of aliphatic hydroxyl groups excluding tert-OH is 1. The average Bonchev–Trinajstić information content (AvgIpc) is 2.78. The van der Waals surface area contributed by atoms with Crippen molar-refractivity contribution in [1.29, 1.82) is 0 Å². The van der Waals surface area contributed by atoms with Crippen molar-refractivity contribution >= 4 is 5.97 Å². The van der Waals surface area contributed by atoms with Crippen LogP contribution in [0.5, 0.6) is 0 Å². The Balaban J connectivity index is 1.93. The molecular weight excluding hydrogens is 360 g/mol. The van der Waals surface area contributed by atoms with Crippen LogP contribution in [0.3, 0.4) is 0 Å². The monoisotopic (exact) mass is 386 g/mol. The summed E-state index contributed by atoms with van der Waals surface area (Å²) in [6, 6.07) is 22.8. The van der Waals surface area contributed by atoms with Gasteiger partial charge >= 0.3 is 5.97 Å². The SMILES string of the molecule is C=CC(=O)OCc1ccccc1-c1ccc(-c2ccc(CCO)cc2)c(CC)c1. The maximum atomic E-state index is 11.4. The lowest BCUT2D eigenvalue weighted by Gasteiger charge is -2.14. The first kappa shape index (κ1) is 20.6. The van der Waals surface area contributed by atoms with Gasteiger partial charge in [-0.25, -0.2) is 4.79 Å². The number of hydrogen-bond acceptors (Lipinski definition) is 3. The summed E-state index contributed by atoms with van der Waals surface area (Å²) in [5.74, 6) is -0.422. The highest BCUT2D eigenvalue weighted by atomic mass is 16.5. The van der Waals surface area contributed by atoms with Gasteiger partial charge in [0.25, 0.3) is 0 Å². The summed E-state index contributed by atoms with van der Waals surface area (Å²) in [4.78, 5) is 11.4. The zero-order valence-electron chi connectivity index (χ0n) is 16.7. The van der Waals surface area contributed by atoms with Gasteiger partial charge in [-0.15, -0.1) is 0 Å². The molecule has 0 spiro atoms. The molecule has 0 aliphatic heterocycles. The highest BCUT2D eigenvalue weighted by Crippen LogP contribution is 2.31. The van der Waals surface area contributed by atoms with E-state index in [-0.39, 0.29) is 13.2 Å². The molecule has 0 saturated heterocycles. The minimum Gasteiger partial charge on any atom is -0.458 e. The van der Waals surface area contributed by atoms with Crippen LogP contribution in [-0.4, -0.2) is 17.7 Å². The normalized spacial score (nSPS) is 10.6. The molecule has 0 bridgehead atoms. The number of benzene rings is 3. The Labute approximate surface area is 172 Å². The Morgan fingerprint density at radius 1 is 0.966 bits per heavy atom. The Morgan fingerprint density at radius 3 is 2.34 bits per heavy atom. The lowest BCUT2D eigenvalue weighted by Crippen LogP contribution is -2.01. The molecule has 3 aromatic carbocycles. The smallest absolute Gasteiger partial charge is 0.330 e. The molecule has 3 rings (SSSR count). The molecule has 3 heteroatoms. The fourth-order valence-electron chi connectivity index (χ4n) is 3.45. The zero-order chi connectivity index (χ0) is 20.6. The van der Waals surface area contributed by atoms with E-state index in [1.54, 1.807) is 0 Å². The Morgan fingerprint density at radius 2 is 1.66 bits per heavy atom. The van der Waals surface area contributed by atoms with Crippen LogP contribution in [0.2, 0.25) is 0 Å². The predicted octanol–water partition coefficient (Wildman–Crippen LogP) is 5.35. The maximum absolute atomic E-state index is 11.4. The molecular formula is C26H26O3. The van der Waals surface area contributed by atoms with E-state index in [9.17, 15) is 4.79 Å². The molecule has 0 radical (unpaired) electrons. The third-order valence-electron chi connectivity index (χ3n) is 5.02. The first-order valence-electron chi connectivity index (χ1n) is 9.86. The predicted molar refractivity (Wildman–Crippen MR) is 117 cm³/mol. The van der Waals surface area contributed by atoms with Gasteiger partial charge in [0.1, 0.15) is 6.61 Å². The quantitative estimate of drug-likeness (QED) is 0.419. The van der Waals surface area contributed by atoms with E-state index in [0.717, 1.165) is 28.7 Å². The van der Waals surface area contributed by atoms with E-state index in [4.69, 9.17) is 9.84 Å². The van der Waals surface area contributed by atoms with Gasteiger partial charge in [0.05, 0.1) is 0 Å². The number of aliphatic hydroxyl groups is 1. The van der Waals surface area contributed by atoms with Crippen LogP contribution in [-0.2, 0) is 29.0 Å². The summed E-state index contributed by atoms with van der Waals surface area (Å²) in [5.41, 5.74) is 7.90. The molecule has 148 valence electrons. The lowest BCUT2D eigenvalue weighted by molar-refractivity contribution is -0.138. The minimum absolute atomic E-state index is 0.162. The van der Waals surface area contributed by atoms with E-state index in [1.807, 2.05) is 18.2 Å². The molecule has 1 N–H and O–H groups in total. The number of aryl methyl sites for hydroxylation is 1. The second-order valence-corrected chi connectivity index (χ2v) is 6.86. The summed E-state index contributed by atoms with van der Waals surface area (Å²) in [6.45, 7) is 5.98. The van der Waals surface area contributed by atoms with Crippen molar-refractivity contribution in [2.75, 3.05) is 6.61 Å². The Bertz CT molecular complexity index is 987. The highest BCUT2D eigenvalue weighted by Gasteiger charge is 2.10. The van der Waals surface area contributed by atoms with Crippen LogP contribution >= 0.6 is 0 Å². The van der Waals surface area contributed by atoms with Crippen LogP contribution in [0.4, 0.5) is 0 Å². The van der Waals surface area contributed by atoms with Gasteiger partial charge in [-0.05, 0) is 51.8 Å². The van der Waals surface area contributed by atoms with Gasteiger partial charge in [0, 0.05) is 12.7 Å². The zero-order valence-corrected chi connectivity index (χ0v) is 16.7. The standard InChI is InChI=1S/C26H26O3/c1-3-20-17-22(24-8-6-5-7-23(24)18-29-26(28)4-2)13-14-25(20)21-11-9-19(10-12-21)15-16-27/h4-14,17,27H,2-3,15-16,18H2,1H3. The third-order valence-corrected chi connectivity index (χ3v) is 5.02. The fourth-order valence-corrected chi connectivity index (χ4v) is 3.45. The van der Waals surface area contributed by atoms with Crippen molar-refractivity contribution in [3.8, 4) is 22.3 Å². The number of carbonyl (C=O) groups is 1. The van der Waals surface area contributed by atoms with Crippen molar-refractivity contribution < 1.29 is 14.6 Å². The summed E-state index contributed by atoms with van der Waals surface area (Å²) >= 11 is 0. The van der Waals surface area contributed by atoms with E-state index in [1.165, 1.54) is 22.8 Å². The average molecular weight is 386 g/mol. The summed E-state index contributed by atoms with van der Waals surface area (Å²) in [6.07, 6.45) is 2.76. The van der Waals surface area contributed by atoms with Crippen molar-refractivity contribution in [2.24, 2.45) is 0 Å². The number of rotatable bonds is 8. The Hall–Kier alpha value is -3.17. The molecule has 29 heavy (non-hydrogen) atoms. The highest BCUT2D eigenvalue weighted by molar-refractivity contribution is 5.81. The van der Waals surface area contributed by atoms with Crippen LogP contribution in [0.15, 0.2) is 79.4 Å². The van der Waals surface area contributed by atoms with Gasteiger partial charge < -0.3 is 9.84 Å². The molecule has 0 atom stereocenters. The lowest BCUT2D eigenvalue weighted by atomic mass is 9.92. The molecule has 0 aliphatic carbocycles. The van der Waals surface area contributed by atoms with Gasteiger partial charge in [-0.1, -0.05) is 80.2 Å². The largest absolute Gasteiger partial charge is 0.458 e. The third kappa shape index (κ3) is 5.01. The van der Waals surface area contributed by atoms with E-state index in [2.05, 4.69) is 62.0 Å². The topological polar surface area (TPSA) is 46.5 Å². The Kier molecular flexibility index (Phi) is 6.99. The fraction of sp³-hybridized carbons (Fsp3) is 0.192. The van der Waals surface area contributed by atoms with Gasteiger partial charge in [0.15, 0.2) is 0 Å². The molecule has 0 heterocycles. The van der Waals surface area contributed by atoms with Crippen LogP contribution in [0.1, 0.15) is 23.6 Å². The van der Waals surface area contributed by atoms with Gasteiger partial charge in [-0.3, -0.25) is 0 Å². The van der Waals surface area contributed by atoms with Crippen molar-refractivity contribution in [3.63, 3.8) is 0 Å². The molecule has 0 aromatic heterocycles. The number of ether oxygens (including phenoxy) is 1. The van der Waals surface area contributed by atoms with E-state index >= 15 is 0 Å². The van der Waals surface area contributed by atoms with Crippen LogP contribution in [0.25, 0.3) is 22.3 Å². The number of esters is 1. The van der Waals surface area contributed by atoms with E-state index in [0.29, 0.717) is 6.42 Å². The summed E-state index contributed by atoms with van der Waals surface area (Å²) < 4.78 is 5.25. The summed E-state index contributed by atoms with van der Waals surface area (Å²) in [7, 11) is 0. The molecule has 3 aromatic rings. The molecule has 0 unspecified atom stereocenters. The van der Waals surface area contributed by atoms with Crippen LogP contribution < -0.4 is 0 Å². The van der Waals surface area contributed by atoms with E-state index < -0.39 is 5.97 Å². The van der Waals surface area contributed by atoms with Crippen molar-refractivity contribution in [3.05, 3.63) is 96.1 Å². The maximum Gasteiger partial charge on any atom is 0.330 e. The first-order chi connectivity index (χ1) is 14.2. The molecule has 0 saturated carbocycles. The number of carbonyl (C=O) groups excluding carboxylic acids is 1. The van der Waals surface area contributed by atoms with Gasteiger partial charge in [-0.2, -0.15) is 0 Å². The minimum atomic E-state index is -0.422. The second-order valence-electron chi connectivity index (χ2n) is 6.86. The van der Waals surface area contributed by atoms with Crippen LogP contribution in [0, 0.1) is 0 Å². The summed E-state index contributed by atoms with van der Waals surface area (Å²) in [5, 5.41) is 9.10. The molecule has 0 fully saturated rings. The second kappa shape index (κ2) is 9.85. The molecule has 3 nitrogen and oxygen atoms in total. The first-order valence-corrected chi connectivity index (χ1v) is 9.86. The molecule has 0 amide bonds. The van der Waals surface area contributed by atoms with Crippen molar-refractivity contribution in [2.45, 2.75) is 26.4 Å². The molecule has 0 aliphatic rings. The number of hydrogen-bond donors (Lipinski definition) is 1. The van der Waals surface area contributed by atoms with Gasteiger partial charge in [0.2, 0.25) is 0 Å². The van der Waals surface area contributed by atoms with Crippen molar-refractivity contribution in [1.82, 2.24) is 0 Å².